The summed E-state index contributed by atoms with van der Waals surface area (Å²) in [6.45, 7) is 4.30. The minimum atomic E-state index is -3.10. The number of fused-ring (bicyclic) bond motifs is 2. The summed E-state index contributed by atoms with van der Waals surface area (Å²) in [6.07, 6.45) is 1.37. The molecule has 1 heterocycles. The molecule has 3 aromatic carbocycles. The molecule has 3 aromatic rings. The average molecular weight is 501 g/mol. The SMILES string of the molecule is CC(C)(CCC1CSC2=C(O1)c1ccccc1C(=O)C2=O)[Si](O)(c1ccccc1)c1ccccc1. The van der Waals surface area contributed by atoms with Crippen molar-refractivity contribution in [1.82, 2.24) is 0 Å². The van der Waals surface area contributed by atoms with Crippen LogP contribution in [0.5, 0.6) is 0 Å². The molecule has 2 aliphatic rings. The summed E-state index contributed by atoms with van der Waals surface area (Å²) in [5.74, 6) is 0.198. The normalized spacial score (nSPS) is 18.1. The van der Waals surface area contributed by atoms with Crippen molar-refractivity contribution >= 4 is 47.8 Å². The highest BCUT2D eigenvalue weighted by Gasteiger charge is 2.50. The van der Waals surface area contributed by atoms with Crippen LogP contribution in [0.2, 0.25) is 5.04 Å². The molecule has 1 aliphatic carbocycles. The molecular formula is C29H28O4SSi. The fourth-order valence-electron chi connectivity index (χ4n) is 5.11. The Morgan fingerprint density at radius 3 is 2.00 bits per heavy atom. The number of benzene rings is 3. The standard InChI is InChI=1S/C29H28O4SSi/c1-29(2,35(32,21-11-5-3-6-12-21)22-13-7-4-8-14-22)18-17-20-19-34-28-26(31)25(30)23-15-9-10-16-24(23)27(28)33-20/h3-16,20,32H,17-19H2,1-2H3. The van der Waals surface area contributed by atoms with Crippen molar-refractivity contribution in [3.05, 3.63) is 101 Å². The van der Waals surface area contributed by atoms with Gasteiger partial charge in [0.05, 0.1) is 0 Å². The van der Waals surface area contributed by atoms with E-state index >= 15 is 0 Å². The van der Waals surface area contributed by atoms with E-state index in [0.717, 1.165) is 23.2 Å². The second kappa shape index (κ2) is 9.26. The molecule has 35 heavy (non-hydrogen) atoms. The smallest absolute Gasteiger partial charge is 0.258 e. The number of carbonyl (C=O) groups is 2. The topological polar surface area (TPSA) is 63.6 Å². The molecule has 0 saturated heterocycles. The van der Waals surface area contributed by atoms with Gasteiger partial charge in [-0.05, 0) is 28.3 Å². The Hall–Kier alpha value is -2.93. The van der Waals surface area contributed by atoms with Crippen molar-refractivity contribution in [2.45, 2.75) is 37.8 Å². The fourth-order valence-corrected chi connectivity index (χ4v) is 9.96. The lowest BCUT2D eigenvalue weighted by atomic mass is 9.93. The summed E-state index contributed by atoms with van der Waals surface area (Å²) < 4.78 is 6.37. The molecule has 178 valence electrons. The third kappa shape index (κ3) is 4.09. The lowest BCUT2D eigenvalue weighted by Crippen LogP contribution is -2.65. The summed E-state index contributed by atoms with van der Waals surface area (Å²) in [7, 11) is -3.10. The zero-order chi connectivity index (χ0) is 24.6. The molecule has 1 N–H and O–H groups in total. The quantitative estimate of drug-likeness (QED) is 0.397. The molecule has 1 aliphatic heterocycles. The number of rotatable bonds is 6. The molecule has 1 unspecified atom stereocenters. The maximum absolute atomic E-state index is 12.7. The van der Waals surface area contributed by atoms with Crippen molar-refractivity contribution in [2.24, 2.45) is 0 Å². The van der Waals surface area contributed by atoms with Gasteiger partial charge in [0, 0.05) is 16.9 Å². The monoisotopic (exact) mass is 500 g/mol. The summed E-state index contributed by atoms with van der Waals surface area (Å²) in [6, 6.07) is 27.2. The van der Waals surface area contributed by atoms with Gasteiger partial charge >= 0.3 is 0 Å². The number of carbonyl (C=O) groups excluding carboxylic acids is 2. The summed E-state index contributed by atoms with van der Waals surface area (Å²) in [5, 5.41) is 1.60. The van der Waals surface area contributed by atoms with E-state index in [2.05, 4.69) is 13.8 Å². The largest absolute Gasteiger partial charge is 0.488 e. The predicted molar refractivity (Wildman–Crippen MR) is 143 cm³/mol. The van der Waals surface area contributed by atoms with Gasteiger partial charge in [-0.2, -0.15) is 0 Å². The molecule has 0 amide bonds. The molecule has 1 atom stereocenters. The number of hydrogen-bond donors (Lipinski definition) is 1. The van der Waals surface area contributed by atoms with Crippen LogP contribution in [0.25, 0.3) is 5.76 Å². The molecule has 0 fully saturated rings. The van der Waals surface area contributed by atoms with E-state index in [1.165, 1.54) is 11.8 Å². The van der Waals surface area contributed by atoms with Crippen LogP contribution in [0.15, 0.2) is 89.8 Å². The minimum Gasteiger partial charge on any atom is -0.488 e. The van der Waals surface area contributed by atoms with E-state index in [1.807, 2.05) is 72.8 Å². The van der Waals surface area contributed by atoms with Crippen LogP contribution in [0.1, 0.15) is 42.6 Å². The van der Waals surface area contributed by atoms with Crippen LogP contribution in [-0.2, 0) is 9.53 Å². The van der Waals surface area contributed by atoms with Gasteiger partial charge in [-0.3, -0.25) is 9.59 Å². The van der Waals surface area contributed by atoms with Crippen molar-refractivity contribution in [3.8, 4) is 0 Å². The summed E-state index contributed by atoms with van der Waals surface area (Å²) >= 11 is 1.41. The molecule has 5 rings (SSSR count). The average Bonchev–Trinajstić information content (AvgIpc) is 2.91. The highest BCUT2D eigenvalue weighted by molar-refractivity contribution is 8.04. The number of thioether (sulfide) groups is 1. The highest BCUT2D eigenvalue weighted by Crippen LogP contribution is 2.44. The van der Waals surface area contributed by atoms with Crippen molar-refractivity contribution < 1.29 is 19.1 Å². The van der Waals surface area contributed by atoms with Crippen LogP contribution >= 0.6 is 11.8 Å². The Morgan fingerprint density at radius 2 is 1.40 bits per heavy atom. The van der Waals surface area contributed by atoms with Crippen molar-refractivity contribution in [2.75, 3.05) is 5.75 Å². The van der Waals surface area contributed by atoms with Crippen LogP contribution in [0, 0.1) is 0 Å². The molecule has 6 heteroatoms. The Bertz CT molecular complexity index is 1260. The molecule has 0 radical (unpaired) electrons. The fraction of sp³-hybridized carbons (Fsp3) is 0.241. The Morgan fingerprint density at radius 1 is 0.857 bits per heavy atom. The molecule has 0 saturated carbocycles. The third-order valence-electron chi connectivity index (χ3n) is 7.19. The first-order valence-corrected chi connectivity index (χ1v) is 14.8. The Labute approximate surface area is 211 Å². The number of hydrogen-bond acceptors (Lipinski definition) is 5. The van der Waals surface area contributed by atoms with Crippen LogP contribution in [0.4, 0.5) is 0 Å². The second-order valence-electron chi connectivity index (χ2n) is 9.78. The number of Topliss-reactive ketones (excluding diaryl/α,β-unsaturated/α-hetero) is 2. The Kier molecular flexibility index (Phi) is 6.30. The van der Waals surface area contributed by atoms with Crippen LogP contribution in [0.3, 0.4) is 0 Å². The lowest BCUT2D eigenvalue weighted by Gasteiger charge is -2.42. The second-order valence-corrected chi connectivity index (χ2v) is 14.7. The zero-order valence-corrected chi connectivity index (χ0v) is 21.7. The van der Waals surface area contributed by atoms with E-state index in [-0.39, 0.29) is 11.1 Å². The van der Waals surface area contributed by atoms with Crippen molar-refractivity contribution in [3.63, 3.8) is 0 Å². The van der Waals surface area contributed by atoms with Gasteiger partial charge in [-0.1, -0.05) is 98.8 Å². The maximum atomic E-state index is 12.7. The zero-order valence-electron chi connectivity index (χ0n) is 19.9. The van der Waals surface area contributed by atoms with E-state index in [1.54, 1.807) is 12.1 Å². The summed E-state index contributed by atoms with van der Waals surface area (Å²) in [4.78, 5) is 38.0. The van der Waals surface area contributed by atoms with Gasteiger partial charge in [-0.25, -0.2) is 0 Å². The first kappa shape index (κ1) is 23.8. The molecule has 4 nitrogen and oxygen atoms in total. The predicted octanol–water partition coefficient (Wildman–Crippen LogP) is 4.57. The number of allylic oxidation sites excluding steroid dienone is 1. The summed E-state index contributed by atoms with van der Waals surface area (Å²) in [5.41, 5.74) is 1.11. The van der Waals surface area contributed by atoms with E-state index in [9.17, 15) is 14.4 Å². The molecule has 0 spiro atoms. The van der Waals surface area contributed by atoms with Gasteiger partial charge in [0.2, 0.25) is 11.6 Å². The van der Waals surface area contributed by atoms with Gasteiger partial charge in [0.25, 0.3) is 8.32 Å². The maximum Gasteiger partial charge on any atom is 0.258 e. The first-order valence-electron chi connectivity index (χ1n) is 11.9. The van der Waals surface area contributed by atoms with E-state index < -0.39 is 19.9 Å². The molecule has 0 bridgehead atoms. The molecule has 0 aromatic heterocycles. The van der Waals surface area contributed by atoms with Gasteiger partial charge in [0.1, 0.15) is 16.8 Å². The van der Waals surface area contributed by atoms with Crippen LogP contribution in [-0.4, -0.2) is 36.5 Å². The first-order chi connectivity index (χ1) is 16.8. The number of ketones is 2. The van der Waals surface area contributed by atoms with Gasteiger partial charge in [0.15, 0.2) is 0 Å². The van der Waals surface area contributed by atoms with Gasteiger partial charge < -0.3 is 9.53 Å². The van der Waals surface area contributed by atoms with Crippen molar-refractivity contribution in [1.29, 1.82) is 0 Å². The van der Waals surface area contributed by atoms with E-state index in [4.69, 9.17) is 4.74 Å². The highest BCUT2D eigenvalue weighted by atomic mass is 32.2. The van der Waals surface area contributed by atoms with Gasteiger partial charge in [-0.15, -0.1) is 11.8 Å². The number of ether oxygens (including phenoxy) is 1. The third-order valence-corrected chi connectivity index (χ3v) is 12.9. The van der Waals surface area contributed by atoms with E-state index in [0.29, 0.717) is 27.5 Å². The molecular weight excluding hydrogens is 472 g/mol. The minimum absolute atomic E-state index is 0.114. The van der Waals surface area contributed by atoms with Crippen LogP contribution < -0.4 is 10.4 Å². The Balaban J connectivity index is 1.41. The lowest BCUT2D eigenvalue weighted by molar-refractivity contribution is -0.111.